The van der Waals surface area contributed by atoms with E-state index in [1.165, 1.54) is 22.2 Å². The molecular weight excluding hydrogens is 326 g/mol. The lowest BCUT2D eigenvalue weighted by Crippen LogP contribution is -2.53. The van der Waals surface area contributed by atoms with Gasteiger partial charge in [-0.1, -0.05) is 13.8 Å². The second-order valence-corrected chi connectivity index (χ2v) is 7.93. The molecule has 1 aliphatic heterocycles. The van der Waals surface area contributed by atoms with Crippen LogP contribution in [0.15, 0.2) is 18.2 Å². The molecule has 0 amide bonds. The van der Waals surface area contributed by atoms with Crippen LogP contribution in [-0.4, -0.2) is 65.8 Å². The van der Waals surface area contributed by atoms with E-state index in [2.05, 4.69) is 47.7 Å². The molecule has 1 aromatic heterocycles. The second-order valence-electron chi connectivity index (χ2n) is 7.93. The first-order valence-corrected chi connectivity index (χ1v) is 9.74. The molecule has 5 nitrogen and oxygen atoms in total. The molecule has 1 aliphatic rings. The predicted octanol–water partition coefficient (Wildman–Crippen LogP) is 3.01. The Morgan fingerprint density at radius 2 is 2.12 bits per heavy atom. The molecular formula is C21H33N3O2. The number of methoxy groups -OCH3 is 1. The number of aliphatic hydroxyl groups excluding tert-OH is 1. The second kappa shape index (κ2) is 8.42. The fraction of sp³-hybridized carbons (Fsp3) is 0.619. The van der Waals surface area contributed by atoms with Crippen molar-refractivity contribution in [1.82, 2.24) is 14.8 Å². The third-order valence-electron chi connectivity index (χ3n) is 5.50. The third kappa shape index (κ3) is 4.22. The first-order chi connectivity index (χ1) is 12.5. The van der Waals surface area contributed by atoms with Gasteiger partial charge in [-0.25, -0.2) is 0 Å². The first kappa shape index (κ1) is 19.2. The molecule has 0 unspecified atom stereocenters. The van der Waals surface area contributed by atoms with E-state index < -0.39 is 0 Å². The topological polar surface area (TPSA) is 51.7 Å². The average molecular weight is 360 g/mol. The molecule has 0 spiro atoms. The van der Waals surface area contributed by atoms with Crippen molar-refractivity contribution >= 4 is 10.9 Å². The van der Waals surface area contributed by atoms with Crippen LogP contribution in [-0.2, 0) is 6.54 Å². The molecule has 5 heteroatoms. The number of nitrogens with zero attached hydrogens (tertiary/aromatic N) is 2. The zero-order chi connectivity index (χ0) is 18.7. The summed E-state index contributed by atoms with van der Waals surface area (Å²) in [6.45, 7) is 12.2. The Hall–Kier alpha value is -1.56. The van der Waals surface area contributed by atoms with E-state index in [0.29, 0.717) is 12.0 Å². The lowest BCUT2D eigenvalue weighted by molar-refractivity contribution is 0.0471. The average Bonchev–Trinajstić information content (AvgIpc) is 2.92. The Kier molecular flexibility index (Phi) is 6.22. The molecule has 2 N–H and O–H groups in total. The van der Waals surface area contributed by atoms with Crippen LogP contribution in [0.4, 0.5) is 0 Å². The summed E-state index contributed by atoms with van der Waals surface area (Å²) in [6.07, 6.45) is 0.853. The van der Waals surface area contributed by atoms with E-state index in [0.717, 1.165) is 44.9 Å². The maximum absolute atomic E-state index is 9.47. The van der Waals surface area contributed by atoms with Crippen LogP contribution in [0.25, 0.3) is 10.9 Å². The van der Waals surface area contributed by atoms with Crippen LogP contribution in [0.3, 0.4) is 0 Å². The molecule has 0 radical (unpaired) electrons. The van der Waals surface area contributed by atoms with Gasteiger partial charge in [-0.05, 0) is 43.0 Å². The maximum atomic E-state index is 9.47. The summed E-state index contributed by atoms with van der Waals surface area (Å²) in [4.78, 5) is 8.67. The Labute approximate surface area is 156 Å². The van der Waals surface area contributed by atoms with Gasteiger partial charge < -0.3 is 14.8 Å². The standard InChI is InChI=1S/C21H33N3O2/c1-15(2)12-24-9-8-23(13-17(24)7-10-25)14-21-16(3)19-11-18(26-4)5-6-20(19)22-21/h5-6,11,15,17,22,25H,7-10,12-14H2,1-4H3/t17-/m0/s1. The minimum atomic E-state index is 0.262. The Bertz CT molecular complexity index is 725. The molecule has 1 aromatic carbocycles. The van der Waals surface area contributed by atoms with Gasteiger partial charge in [0.15, 0.2) is 0 Å². The monoisotopic (exact) mass is 359 g/mol. The number of ether oxygens (including phenoxy) is 1. The van der Waals surface area contributed by atoms with Crippen molar-refractivity contribution in [3.63, 3.8) is 0 Å². The first-order valence-electron chi connectivity index (χ1n) is 9.74. The van der Waals surface area contributed by atoms with Gasteiger partial charge in [-0.15, -0.1) is 0 Å². The largest absolute Gasteiger partial charge is 0.497 e. The number of fused-ring (bicyclic) bond motifs is 1. The van der Waals surface area contributed by atoms with Crippen LogP contribution in [0.2, 0.25) is 0 Å². The molecule has 1 fully saturated rings. The number of hydrogen-bond donors (Lipinski definition) is 2. The number of rotatable bonds is 7. The summed E-state index contributed by atoms with van der Waals surface area (Å²) in [5.41, 5.74) is 3.76. The highest BCUT2D eigenvalue weighted by atomic mass is 16.5. The van der Waals surface area contributed by atoms with Gasteiger partial charge in [0.2, 0.25) is 0 Å². The van der Waals surface area contributed by atoms with Gasteiger partial charge in [-0.3, -0.25) is 9.80 Å². The van der Waals surface area contributed by atoms with Gasteiger partial charge in [0.1, 0.15) is 5.75 Å². The minimum Gasteiger partial charge on any atom is -0.497 e. The molecule has 2 aromatic rings. The van der Waals surface area contributed by atoms with Gasteiger partial charge in [0.05, 0.1) is 7.11 Å². The van der Waals surface area contributed by atoms with Crippen molar-refractivity contribution in [2.75, 3.05) is 39.9 Å². The summed E-state index contributed by atoms with van der Waals surface area (Å²) < 4.78 is 5.37. The normalized spacial score (nSPS) is 19.5. The minimum absolute atomic E-state index is 0.262. The summed E-state index contributed by atoms with van der Waals surface area (Å²) in [7, 11) is 1.71. The molecule has 0 saturated carbocycles. The lowest BCUT2D eigenvalue weighted by Gasteiger charge is -2.42. The molecule has 1 atom stereocenters. The molecule has 2 heterocycles. The smallest absolute Gasteiger partial charge is 0.119 e. The van der Waals surface area contributed by atoms with Crippen LogP contribution < -0.4 is 4.74 Å². The number of benzene rings is 1. The zero-order valence-electron chi connectivity index (χ0n) is 16.6. The van der Waals surface area contributed by atoms with E-state index >= 15 is 0 Å². The predicted molar refractivity (Wildman–Crippen MR) is 107 cm³/mol. The van der Waals surface area contributed by atoms with Crippen LogP contribution >= 0.6 is 0 Å². The summed E-state index contributed by atoms with van der Waals surface area (Å²) in [6, 6.07) is 6.66. The van der Waals surface area contributed by atoms with E-state index in [-0.39, 0.29) is 6.61 Å². The van der Waals surface area contributed by atoms with E-state index in [1.807, 2.05) is 6.07 Å². The third-order valence-corrected chi connectivity index (χ3v) is 5.50. The SMILES string of the molecule is COc1ccc2[nH]c(CN3CCN(CC(C)C)[C@@H](CCO)C3)c(C)c2c1. The van der Waals surface area contributed by atoms with Crippen LogP contribution in [0, 0.1) is 12.8 Å². The molecule has 1 saturated heterocycles. The zero-order valence-corrected chi connectivity index (χ0v) is 16.6. The molecule has 144 valence electrons. The van der Waals surface area contributed by atoms with E-state index in [1.54, 1.807) is 7.11 Å². The van der Waals surface area contributed by atoms with Crippen molar-refractivity contribution in [3.8, 4) is 5.75 Å². The molecule has 3 rings (SSSR count). The number of H-pyrrole nitrogens is 1. The fourth-order valence-electron chi connectivity index (χ4n) is 4.10. The number of aromatic amines is 1. The number of hydrogen-bond acceptors (Lipinski definition) is 4. The maximum Gasteiger partial charge on any atom is 0.119 e. The van der Waals surface area contributed by atoms with Gasteiger partial charge in [0.25, 0.3) is 0 Å². The van der Waals surface area contributed by atoms with Gasteiger partial charge >= 0.3 is 0 Å². The fourth-order valence-corrected chi connectivity index (χ4v) is 4.10. The van der Waals surface area contributed by atoms with Crippen molar-refractivity contribution in [2.24, 2.45) is 5.92 Å². The number of nitrogens with one attached hydrogen (secondary N) is 1. The van der Waals surface area contributed by atoms with Crippen molar-refractivity contribution in [3.05, 3.63) is 29.5 Å². The highest BCUT2D eigenvalue weighted by molar-refractivity contribution is 5.85. The number of aromatic nitrogens is 1. The molecule has 26 heavy (non-hydrogen) atoms. The van der Waals surface area contributed by atoms with Gasteiger partial charge in [-0.2, -0.15) is 0 Å². The molecule has 0 bridgehead atoms. The lowest BCUT2D eigenvalue weighted by atomic mass is 10.1. The number of aryl methyl sites for hydroxylation is 1. The van der Waals surface area contributed by atoms with Crippen molar-refractivity contribution in [2.45, 2.75) is 39.8 Å². The van der Waals surface area contributed by atoms with Crippen LogP contribution in [0.1, 0.15) is 31.5 Å². The van der Waals surface area contributed by atoms with Crippen molar-refractivity contribution < 1.29 is 9.84 Å². The van der Waals surface area contributed by atoms with E-state index in [9.17, 15) is 5.11 Å². The highest BCUT2D eigenvalue weighted by Gasteiger charge is 2.27. The van der Waals surface area contributed by atoms with Crippen LogP contribution in [0.5, 0.6) is 5.75 Å². The molecule has 0 aliphatic carbocycles. The summed E-state index contributed by atoms with van der Waals surface area (Å²) >= 11 is 0. The van der Waals surface area contributed by atoms with Crippen molar-refractivity contribution in [1.29, 1.82) is 0 Å². The highest BCUT2D eigenvalue weighted by Crippen LogP contribution is 2.27. The summed E-state index contributed by atoms with van der Waals surface area (Å²) in [5, 5.41) is 10.7. The van der Waals surface area contributed by atoms with E-state index in [4.69, 9.17) is 4.74 Å². The number of aliphatic hydroxyl groups is 1. The Balaban J connectivity index is 1.72. The quantitative estimate of drug-likeness (QED) is 0.798. The Morgan fingerprint density at radius 1 is 1.31 bits per heavy atom. The summed E-state index contributed by atoms with van der Waals surface area (Å²) in [5.74, 6) is 1.56. The Morgan fingerprint density at radius 3 is 2.81 bits per heavy atom. The van der Waals surface area contributed by atoms with Gasteiger partial charge in [0, 0.05) is 62.0 Å². The number of piperazine rings is 1.